The highest BCUT2D eigenvalue weighted by Crippen LogP contribution is 2.23. The first-order valence-electron chi connectivity index (χ1n) is 6.76. The van der Waals surface area contributed by atoms with Gasteiger partial charge in [0.1, 0.15) is 12.1 Å². The summed E-state index contributed by atoms with van der Waals surface area (Å²) in [6, 6.07) is 0. The van der Waals surface area contributed by atoms with Crippen molar-refractivity contribution in [2.24, 2.45) is 5.92 Å². The number of piperazine rings is 1. The van der Waals surface area contributed by atoms with Crippen molar-refractivity contribution in [3.63, 3.8) is 0 Å². The van der Waals surface area contributed by atoms with E-state index in [0.717, 1.165) is 25.9 Å². The molecular weight excluding hydrogens is 246 g/mol. The summed E-state index contributed by atoms with van der Waals surface area (Å²) in [4.78, 5) is 37.0. The van der Waals surface area contributed by atoms with E-state index in [1.807, 2.05) is 0 Å². The normalized spacial score (nSPS) is 24.2. The number of imide groups is 1. The summed E-state index contributed by atoms with van der Waals surface area (Å²) < 4.78 is 0. The second-order valence-electron chi connectivity index (χ2n) is 5.81. The zero-order valence-corrected chi connectivity index (χ0v) is 11.5. The second kappa shape index (κ2) is 5.28. The molecule has 2 saturated heterocycles. The molecule has 0 bridgehead atoms. The van der Waals surface area contributed by atoms with Gasteiger partial charge in [0.25, 0.3) is 5.91 Å². The Hall–Kier alpha value is -1.43. The quantitative estimate of drug-likeness (QED) is 0.670. The van der Waals surface area contributed by atoms with Gasteiger partial charge in [0, 0.05) is 6.42 Å². The van der Waals surface area contributed by atoms with Crippen LogP contribution in [0.4, 0.5) is 0 Å². The molecule has 0 radical (unpaired) electrons. The fourth-order valence-electron chi connectivity index (χ4n) is 2.63. The van der Waals surface area contributed by atoms with Crippen LogP contribution in [0.3, 0.4) is 0 Å². The molecule has 6 nitrogen and oxygen atoms in total. The molecule has 0 aromatic rings. The molecule has 19 heavy (non-hydrogen) atoms. The summed E-state index contributed by atoms with van der Waals surface area (Å²) in [7, 11) is 0. The number of carbonyl (C=O) groups excluding carboxylic acids is 3. The summed E-state index contributed by atoms with van der Waals surface area (Å²) in [5.41, 5.74) is -0.947. The monoisotopic (exact) mass is 267 g/mol. The molecule has 2 N–H and O–H groups in total. The Morgan fingerprint density at radius 2 is 1.95 bits per heavy atom. The molecule has 0 aromatic heterocycles. The van der Waals surface area contributed by atoms with Crippen molar-refractivity contribution in [1.82, 2.24) is 15.5 Å². The van der Waals surface area contributed by atoms with Gasteiger partial charge in [-0.15, -0.1) is 0 Å². The van der Waals surface area contributed by atoms with E-state index in [4.69, 9.17) is 0 Å². The van der Waals surface area contributed by atoms with E-state index in [0.29, 0.717) is 12.3 Å². The molecule has 2 heterocycles. The van der Waals surface area contributed by atoms with Gasteiger partial charge in [0.15, 0.2) is 0 Å². The third-order valence-electron chi connectivity index (χ3n) is 4.01. The highest BCUT2D eigenvalue weighted by atomic mass is 16.2. The zero-order chi connectivity index (χ0) is 14.0. The molecule has 0 unspecified atom stereocenters. The van der Waals surface area contributed by atoms with E-state index < -0.39 is 17.4 Å². The topological polar surface area (TPSA) is 78.5 Å². The van der Waals surface area contributed by atoms with Gasteiger partial charge in [-0.25, -0.2) is 0 Å². The Morgan fingerprint density at radius 3 is 2.58 bits per heavy atom. The van der Waals surface area contributed by atoms with Crippen LogP contribution >= 0.6 is 0 Å². The minimum atomic E-state index is -0.947. The van der Waals surface area contributed by atoms with Crippen LogP contribution in [0.2, 0.25) is 0 Å². The van der Waals surface area contributed by atoms with Crippen LogP contribution in [-0.2, 0) is 14.4 Å². The van der Waals surface area contributed by atoms with E-state index in [-0.39, 0.29) is 12.5 Å². The molecule has 2 aliphatic rings. The van der Waals surface area contributed by atoms with Gasteiger partial charge in [-0.1, -0.05) is 0 Å². The lowest BCUT2D eigenvalue weighted by Crippen LogP contribution is -2.65. The summed E-state index contributed by atoms with van der Waals surface area (Å²) >= 11 is 0. The average Bonchev–Trinajstić information content (AvgIpc) is 2.35. The van der Waals surface area contributed by atoms with E-state index in [1.54, 1.807) is 13.8 Å². The summed E-state index contributed by atoms with van der Waals surface area (Å²) in [6.45, 7) is 5.19. The predicted molar refractivity (Wildman–Crippen MR) is 69.2 cm³/mol. The van der Waals surface area contributed by atoms with Gasteiger partial charge >= 0.3 is 0 Å². The Labute approximate surface area is 112 Å². The largest absolute Gasteiger partial charge is 0.319 e. The Balaban J connectivity index is 2.03. The van der Waals surface area contributed by atoms with Crippen LogP contribution in [0, 0.1) is 5.92 Å². The average molecular weight is 267 g/mol. The highest BCUT2D eigenvalue weighted by Gasteiger charge is 2.43. The van der Waals surface area contributed by atoms with Gasteiger partial charge in [-0.2, -0.15) is 0 Å². The maximum absolute atomic E-state index is 12.3. The number of amides is 3. The summed E-state index contributed by atoms with van der Waals surface area (Å²) in [5, 5.41) is 5.53. The first-order valence-corrected chi connectivity index (χ1v) is 6.76. The summed E-state index contributed by atoms with van der Waals surface area (Å²) in [5.74, 6) is -0.546. The molecule has 0 saturated carbocycles. The number of nitrogens with one attached hydrogen (secondary N) is 2. The van der Waals surface area contributed by atoms with Gasteiger partial charge in [0.05, 0.1) is 0 Å². The number of nitrogens with zero attached hydrogens (tertiary/aromatic N) is 1. The number of carbonyl (C=O) groups is 3. The lowest BCUT2D eigenvalue weighted by molar-refractivity contribution is -0.156. The molecule has 2 fully saturated rings. The molecule has 3 amide bonds. The molecule has 2 aliphatic heterocycles. The van der Waals surface area contributed by atoms with E-state index in [2.05, 4.69) is 10.6 Å². The molecule has 0 aromatic carbocycles. The highest BCUT2D eigenvalue weighted by molar-refractivity contribution is 6.06. The Morgan fingerprint density at radius 1 is 1.32 bits per heavy atom. The SMILES string of the molecule is CC1(C)C(=O)NC(=O)CN1C(=O)CC1CCNCC1. The van der Waals surface area contributed by atoms with Crippen LogP contribution in [0.1, 0.15) is 33.1 Å². The summed E-state index contributed by atoms with van der Waals surface area (Å²) in [6.07, 6.45) is 2.37. The maximum atomic E-state index is 12.3. The van der Waals surface area contributed by atoms with Crippen molar-refractivity contribution in [2.75, 3.05) is 19.6 Å². The zero-order valence-electron chi connectivity index (χ0n) is 11.5. The van der Waals surface area contributed by atoms with Gasteiger partial charge in [0.2, 0.25) is 11.8 Å². The molecule has 0 atom stereocenters. The van der Waals surface area contributed by atoms with Gasteiger partial charge < -0.3 is 10.2 Å². The molecule has 2 rings (SSSR count). The standard InChI is InChI=1S/C13H21N3O3/c1-13(2)12(19)15-10(17)8-16(13)11(18)7-9-3-5-14-6-4-9/h9,14H,3-8H2,1-2H3,(H,15,17,19). The van der Waals surface area contributed by atoms with Crippen molar-refractivity contribution in [3.05, 3.63) is 0 Å². The number of piperidine rings is 1. The molecule has 0 spiro atoms. The van der Waals surface area contributed by atoms with Crippen LogP contribution < -0.4 is 10.6 Å². The number of hydrogen-bond donors (Lipinski definition) is 2. The number of hydrogen-bond acceptors (Lipinski definition) is 4. The number of rotatable bonds is 2. The van der Waals surface area contributed by atoms with Gasteiger partial charge in [-0.3, -0.25) is 19.7 Å². The minimum Gasteiger partial charge on any atom is -0.319 e. The van der Waals surface area contributed by atoms with Crippen molar-refractivity contribution in [2.45, 2.75) is 38.6 Å². The lowest BCUT2D eigenvalue weighted by Gasteiger charge is -2.40. The Bertz CT molecular complexity index is 400. The second-order valence-corrected chi connectivity index (χ2v) is 5.81. The van der Waals surface area contributed by atoms with E-state index >= 15 is 0 Å². The van der Waals surface area contributed by atoms with Crippen LogP contribution in [-0.4, -0.2) is 47.8 Å². The predicted octanol–water partition coefficient (Wildman–Crippen LogP) is -0.360. The Kier molecular flexibility index (Phi) is 3.89. The van der Waals surface area contributed by atoms with Gasteiger partial charge in [-0.05, 0) is 45.7 Å². The van der Waals surface area contributed by atoms with Crippen molar-refractivity contribution in [3.8, 4) is 0 Å². The third kappa shape index (κ3) is 2.94. The molecular formula is C13H21N3O3. The van der Waals surface area contributed by atoms with Crippen LogP contribution in [0.15, 0.2) is 0 Å². The van der Waals surface area contributed by atoms with Crippen molar-refractivity contribution < 1.29 is 14.4 Å². The van der Waals surface area contributed by atoms with Crippen LogP contribution in [0.5, 0.6) is 0 Å². The van der Waals surface area contributed by atoms with E-state index in [9.17, 15) is 14.4 Å². The minimum absolute atomic E-state index is 0.0253. The first-order chi connectivity index (χ1) is 8.91. The molecule has 6 heteroatoms. The smallest absolute Gasteiger partial charge is 0.252 e. The third-order valence-corrected chi connectivity index (χ3v) is 4.01. The van der Waals surface area contributed by atoms with Crippen molar-refractivity contribution >= 4 is 17.7 Å². The first kappa shape index (κ1) is 14.0. The maximum Gasteiger partial charge on any atom is 0.252 e. The fourth-order valence-corrected chi connectivity index (χ4v) is 2.63. The lowest BCUT2D eigenvalue weighted by atomic mass is 9.92. The molecule has 0 aliphatic carbocycles. The fraction of sp³-hybridized carbons (Fsp3) is 0.769. The van der Waals surface area contributed by atoms with Crippen LogP contribution in [0.25, 0.3) is 0 Å². The van der Waals surface area contributed by atoms with Crippen molar-refractivity contribution in [1.29, 1.82) is 0 Å². The van der Waals surface area contributed by atoms with E-state index in [1.165, 1.54) is 4.90 Å². The molecule has 106 valence electrons.